The molecule has 1 saturated carbocycles. The van der Waals surface area contributed by atoms with Crippen molar-refractivity contribution in [2.24, 2.45) is 11.8 Å². The number of anilines is 1. The molecule has 0 bridgehead atoms. The van der Waals surface area contributed by atoms with Gasteiger partial charge in [0.1, 0.15) is 0 Å². The van der Waals surface area contributed by atoms with Crippen LogP contribution in [0.1, 0.15) is 48.8 Å². The lowest BCUT2D eigenvalue weighted by Crippen LogP contribution is -2.21. The molecule has 0 spiro atoms. The first-order valence-corrected chi connectivity index (χ1v) is 6.99. The topological polar surface area (TPSA) is 63.3 Å². The van der Waals surface area contributed by atoms with Gasteiger partial charge in [-0.15, -0.1) is 0 Å². The fourth-order valence-electron chi connectivity index (χ4n) is 3.41. The second-order valence-corrected chi connectivity index (χ2v) is 6.08. The Morgan fingerprint density at radius 2 is 2.05 bits per heavy atom. The average Bonchev–Trinajstić information content (AvgIpc) is 2.71. The zero-order valence-electron chi connectivity index (χ0n) is 11.9. The van der Waals surface area contributed by atoms with Crippen LogP contribution in [0.3, 0.4) is 0 Å². The lowest BCUT2D eigenvalue weighted by atomic mass is 9.82. The molecular weight excluding hydrogens is 238 g/mol. The fraction of sp³-hybridized carbons (Fsp3) is 0.562. The van der Waals surface area contributed by atoms with Crippen LogP contribution >= 0.6 is 0 Å². The molecule has 3 heteroatoms. The minimum atomic E-state index is -0.740. The summed E-state index contributed by atoms with van der Waals surface area (Å²) in [5.41, 5.74) is 9.65. The van der Waals surface area contributed by atoms with E-state index in [-0.39, 0.29) is 5.92 Å². The first kappa shape index (κ1) is 13.9. The van der Waals surface area contributed by atoms with Crippen LogP contribution in [0, 0.1) is 25.7 Å². The summed E-state index contributed by atoms with van der Waals surface area (Å²) in [6.45, 7) is 6.14. The molecule has 1 aromatic rings. The summed E-state index contributed by atoms with van der Waals surface area (Å²) < 4.78 is 0. The van der Waals surface area contributed by atoms with Crippen LogP contribution in [-0.4, -0.2) is 11.1 Å². The van der Waals surface area contributed by atoms with Crippen LogP contribution in [0.15, 0.2) is 12.1 Å². The predicted octanol–water partition coefficient (Wildman–Crippen LogP) is 3.49. The molecule has 1 aliphatic carbocycles. The van der Waals surface area contributed by atoms with E-state index in [9.17, 15) is 9.90 Å². The van der Waals surface area contributed by atoms with Gasteiger partial charge >= 0.3 is 5.97 Å². The first-order valence-electron chi connectivity index (χ1n) is 6.99. The Labute approximate surface area is 114 Å². The van der Waals surface area contributed by atoms with E-state index in [1.165, 1.54) is 0 Å². The van der Waals surface area contributed by atoms with E-state index < -0.39 is 11.9 Å². The minimum absolute atomic E-state index is 0.219. The van der Waals surface area contributed by atoms with Crippen LogP contribution in [0.5, 0.6) is 0 Å². The van der Waals surface area contributed by atoms with Gasteiger partial charge in [0.2, 0.25) is 0 Å². The number of aryl methyl sites for hydroxylation is 2. The van der Waals surface area contributed by atoms with Crippen LogP contribution in [0.4, 0.5) is 5.69 Å². The van der Waals surface area contributed by atoms with Crippen molar-refractivity contribution in [3.63, 3.8) is 0 Å². The molecule has 3 nitrogen and oxygen atoms in total. The van der Waals surface area contributed by atoms with Gasteiger partial charge in [0.15, 0.2) is 0 Å². The highest BCUT2D eigenvalue weighted by Crippen LogP contribution is 2.42. The third-order valence-corrected chi connectivity index (χ3v) is 4.37. The van der Waals surface area contributed by atoms with Crippen LogP contribution in [0.25, 0.3) is 0 Å². The molecule has 0 radical (unpaired) electrons. The molecule has 1 aromatic carbocycles. The Hall–Kier alpha value is -1.51. The summed E-state index contributed by atoms with van der Waals surface area (Å²) in [5.74, 6) is -0.352. The van der Waals surface area contributed by atoms with Gasteiger partial charge in [-0.25, -0.2) is 0 Å². The Morgan fingerprint density at radius 3 is 2.58 bits per heavy atom. The lowest BCUT2D eigenvalue weighted by Gasteiger charge is -2.23. The summed E-state index contributed by atoms with van der Waals surface area (Å²) in [6, 6.07) is 3.96. The van der Waals surface area contributed by atoms with Crippen molar-refractivity contribution in [3.8, 4) is 0 Å². The monoisotopic (exact) mass is 261 g/mol. The molecule has 2 rings (SSSR count). The Balaban J connectivity index is 2.42. The number of rotatable bonds is 3. The third-order valence-electron chi connectivity index (χ3n) is 4.37. The van der Waals surface area contributed by atoms with Gasteiger partial charge in [-0.05, 0) is 49.7 Å². The highest BCUT2D eigenvalue weighted by atomic mass is 16.4. The van der Waals surface area contributed by atoms with E-state index in [1.54, 1.807) is 0 Å². The highest BCUT2D eigenvalue weighted by molar-refractivity contribution is 5.80. The molecule has 0 amide bonds. The molecule has 3 atom stereocenters. The van der Waals surface area contributed by atoms with Gasteiger partial charge in [0.05, 0.1) is 5.92 Å². The number of hydrogen-bond acceptors (Lipinski definition) is 2. The quantitative estimate of drug-likeness (QED) is 0.819. The van der Waals surface area contributed by atoms with Crippen molar-refractivity contribution in [1.82, 2.24) is 0 Å². The second kappa shape index (κ2) is 5.24. The minimum Gasteiger partial charge on any atom is -0.481 e. The second-order valence-electron chi connectivity index (χ2n) is 6.08. The third kappa shape index (κ3) is 2.75. The number of nitrogens with two attached hydrogens (primary N) is 1. The summed E-state index contributed by atoms with van der Waals surface area (Å²) in [5, 5.41) is 9.62. The van der Waals surface area contributed by atoms with E-state index in [4.69, 9.17) is 5.73 Å². The van der Waals surface area contributed by atoms with Gasteiger partial charge in [0, 0.05) is 5.69 Å². The molecule has 0 saturated heterocycles. The van der Waals surface area contributed by atoms with Crippen molar-refractivity contribution in [2.45, 2.75) is 46.0 Å². The zero-order valence-corrected chi connectivity index (χ0v) is 11.9. The number of hydrogen-bond donors (Lipinski definition) is 2. The number of carboxylic acids is 1. The van der Waals surface area contributed by atoms with Crippen molar-refractivity contribution in [3.05, 3.63) is 28.8 Å². The maximum absolute atomic E-state index is 11.7. The van der Waals surface area contributed by atoms with E-state index in [2.05, 4.69) is 6.92 Å². The number of aliphatic carboxylic acids is 1. The maximum atomic E-state index is 11.7. The van der Waals surface area contributed by atoms with Gasteiger partial charge in [-0.3, -0.25) is 4.79 Å². The number of carboxylic acid groups (broad SMARTS) is 1. The van der Waals surface area contributed by atoms with Gasteiger partial charge in [-0.1, -0.05) is 31.0 Å². The Morgan fingerprint density at radius 1 is 1.37 bits per heavy atom. The largest absolute Gasteiger partial charge is 0.481 e. The summed E-state index contributed by atoms with van der Waals surface area (Å²) in [7, 11) is 0. The Bertz CT molecular complexity index is 496. The normalized spacial score (nSPS) is 24.4. The number of benzene rings is 1. The van der Waals surface area contributed by atoms with E-state index in [1.807, 2.05) is 26.0 Å². The summed E-state index contributed by atoms with van der Waals surface area (Å²) in [6.07, 6.45) is 3.10. The van der Waals surface area contributed by atoms with Crippen molar-refractivity contribution >= 4 is 11.7 Å². The van der Waals surface area contributed by atoms with Crippen LogP contribution < -0.4 is 5.73 Å². The molecule has 1 fully saturated rings. The first-order chi connectivity index (χ1) is 8.90. The molecular formula is C16H23NO2. The smallest absolute Gasteiger partial charge is 0.311 e. The molecule has 3 unspecified atom stereocenters. The summed E-state index contributed by atoms with van der Waals surface area (Å²) in [4.78, 5) is 11.7. The highest BCUT2D eigenvalue weighted by Gasteiger charge is 2.35. The Kier molecular flexibility index (Phi) is 3.83. The molecule has 0 aromatic heterocycles. The predicted molar refractivity (Wildman–Crippen MR) is 77.2 cm³/mol. The van der Waals surface area contributed by atoms with Gasteiger partial charge < -0.3 is 10.8 Å². The van der Waals surface area contributed by atoms with Gasteiger partial charge in [0.25, 0.3) is 0 Å². The molecule has 104 valence electrons. The molecule has 1 aliphatic rings. The molecule has 19 heavy (non-hydrogen) atoms. The van der Waals surface area contributed by atoms with E-state index >= 15 is 0 Å². The van der Waals surface area contributed by atoms with Gasteiger partial charge in [-0.2, -0.15) is 0 Å². The zero-order chi connectivity index (χ0) is 14.2. The van der Waals surface area contributed by atoms with Crippen LogP contribution in [-0.2, 0) is 4.79 Å². The van der Waals surface area contributed by atoms with Crippen molar-refractivity contribution in [1.29, 1.82) is 0 Å². The van der Waals surface area contributed by atoms with Crippen LogP contribution in [0.2, 0.25) is 0 Å². The maximum Gasteiger partial charge on any atom is 0.311 e. The van der Waals surface area contributed by atoms with E-state index in [0.29, 0.717) is 11.6 Å². The van der Waals surface area contributed by atoms with E-state index in [0.717, 1.165) is 36.0 Å². The fourth-order valence-corrected chi connectivity index (χ4v) is 3.41. The standard InChI is InChI=1S/C16H23NO2/c1-9-4-5-12(7-9)14(16(18)19)13-8-10(2)6-11(3)15(13)17/h6,8-9,12,14H,4-5,7,17H2,1-3H3,(H,18,19). The number of carbonyl (C=O) groups is 1. The lowest BCUT2D eigenvalue weighted by molar-refractivity contribution is -0.140. The number of nitrogen functional groups attached to an aromatic ring is 1. The molecule has 0 heterocycles. The average molecular weight is 261 g/mol. The molecule has 3 N–H and O–H groups in total. The SMILES string of the molecule is Cc1cc(C)c(N)c(C(C(=O)O)C2CCC(C)C2)c1. The van der Waals surface area contributed by atoms with Crippen molar-refractivity contribution < 1.29 is 9.90 Å². The molecule has 0 aliphatic heterocycles. The summed E-state index contributed by atoms with van der Waals surface area (Å²) >= 11 is 0. The van der Waals surface area contributed by atoms with Crippen molar-refractivity contribution in [2.75, 3.05) is 5.73 Å².